The number of amides is 1. The van der Waals surface area contributed by atoms with Crippen LogP contribution in [0.2, 0.25) is 0 Å². The number of nitrogens with zero attached hydrogens (tertiary/aromatic N) is 1. The molecule has 74 valence electrons. The third-order valence-corrected chi connectivity index (χ3v) is 2.15. The predicted molar refractivity (Wildman–Crippen MR) is 59.3 cm³/mol. The number of para-hydroxylation sites is 1. The fourth-order valence-corrected chi connectivity index (χ4v) is 1.41. The zero-order valence-corrected chi connectivity index (χ0v) is 8.60. The Bertz CT molecular complexity index is 323. The quantitative estimate of drug-likeness (QED) is 0.667. The van der Waals surface area contributed by atoms with Crippen LogP contribution < -0.4 is 4.90 Å². The number of anilines is 1. The summed E-state index contributed by atoms with van der Waals surface area (Å²) in [5.41, 5.74) is 2.06. The maximum atomic E-state index is 10.8. The van der Waals surface area contributed by atoms with E-state index >= 15 is 0 Å². The second-order valence-corrected chi connectivity index (χ2v) is 3.41. The van der Waals surface area contributed by atoms with Gasteiger partial charge in [-0.3, -0.25) is 9.69 Å². The van der Waals surface area contributed by atoms with Crippen LogP contribution in [-0.2, 0) is 4.79 Å². The van der Waals surface area contributed by atoms with Crippen molar-refractivity contribution in [3.8, 4) is 0 Å². The highest BCUT2D eigenvalue weighted by atomic mass is 16.1. The highest BCUT2D eigenvalue weighted by Gasteiger charge is 2.09. The predicted octanol–water partition coefficient (Wildman–Crippen LogP) is 2.92. The van der Waals surface area contributed by atoms with E-state index in [4.69, 9.17) is 0 Å². The Morgan fingerprint density at radius 1 is 1.36 bits per heavy atom. The largest absolute Gasteiger partial charge is 0.291 e. The van der Waals surface area contributed by atoms with Gasteiger partial charge in [-0.1, -0.05) is 38.6 Å². The summed E-state index contributed by atoms with van der Waals surface area (Å²) in [4.78, 5) is 12.3. The Labute approximate surface area is 84.9 Å². The van der Waals surface area contributed by atoms with Crippen LogP contribution in [-0.4, -0.2) is 6.41 Å². The van der Waals surface area contributed by atoms with Crippen LogP contribution in [0.3, 0.4) is 0 Å². The second-order valence-electron chi connectivity index (χ2n) is 3.41. The molecule has 1 aromatic carbocycles. The molecule has 0 atom stereocenters. The van der Waals surface area contributed by atoms with Gasteiger partial charge in [0.15, 0.2) is 0 Å². The Morgan fingerprint density at radius 2 is 2.00 bits per heavy atom. The second kappa shape index (κ2) is 4.61. The number of rotatable bonds is 4. The number of benzene rings is 1. The van der Waals surface area contributed by atoms with Crippen LogP contribution in [0.1, 0.15) is 25.3 Å². The number of hydrogen-bond acceptors (Lipinski definition) is 1. The molecule has 0 aliphatic carbocycles. The van der Waals surface area contributed by atoms with Crippen molar-refractivity contribution < 1.29 is 4.79 Å². The van der Waals surface area contributed by atoms with E-state index in [1.165, 1.54) is 11.1 Å². The first-order valence-corrected chi connectivity index (χ1v) is 4.65. The first kappa shape index (κ1) is 10.5. The van der Waals surface area contributed by atoms with Gasteiger partial charge in [0.2, 0.25) is 6.41 Å². The molecule has 2 heteroatoms. The lowest BCUT2D eigenvalue weighted by molar-refractivity contribution is -0.106. The van der Waals surface area contributed by atoms with Gasteiger partial charge >= 0.3 is 0 Å². The molecule has 2 nitrogen and oxygen atoms in total. The Hall–Kier alpha value is -1.57. The fraction of sp³-hybridized carbons (Fsp3) is 0.250. The molecule has 0 radical (unpaired) electrons. The van der Waals surface area contributed by atoms with Crippen molar-refractivity contribution in [2.75, 3.05) is 4.90 Å². The average molecular weight is 189 g/mol. The summed E-state index contributed by atoms with van der Waals surface area (Å²) in [5.74, 6) is 0.397. The van der Waals surface area contributed by atoms with E-state index in [0.717, 1.165) is 17.7 Å². The van der Waals surface area contributed by atoms with Crippen LogP contribution in [0.15, 0.2) is 37.0 Å². The lowest BCUT2D eigenvalue weighted by Gasteiger charge is -2.18. The zero-order valence-electron chi connectivity index (χ0n) is 8.60. The van der Waals surface area contributed by atoms with E-state index in [-0.39, 0.29) is 0 Å². The van der Waals surface area contributed by atoms with Crippen molar-refractivity contribution in [2.24, 2.45) is 0 Å². The molecular weight excluding hydrogens is 174 g/mol. The van der Waals surface area contributed by atoms with Gasteiger partial charge in [-0.25, -0.2) is 0 Å². The molecule has 0 unspecified atom stereocenters. The van der Waals surface area contributed by atoms with Gasteiger partial charge in [0.05, 0.1) is 5.69 Å². The van der Waals surface area contributed by atoms with Gasteiger partial charge in [0.1, 0.15) is 0 Å². The molecule has 1 aromatic rings. The molecule has 0 bridgehead atoms. The molecule has 0 aliphatic rings. The first-order valence-electron chi connectivity index (χ1n) is 4.65. The average Bonchev–Trinajstić information content (AvgIpc) is 2.20. The first-order chi connectivity index (χ1) is 6.70. The van der Waals surface area contributed by atoms with E-state index in [9.17, 15) is 4.79 Å². The molecule has 0 aromatic heterocycles. The van der Waals surface area contributed by atoms with E-state index < -0.39 is 0 Å². The summed E-state index contributed by atoms with van der Waals surface area (Å²) in [6, 6.07) is 7.84. The topological polar surface area (TPSA) is 20.3 Å². The molecule has 0 spiro atoms. The zero-order chi connectivity index (χ0) is 10.6. The van der Waals surface area contributed by atoms with E-state index in [2.05, 4.69) is 20.4 Å². The van der Waals surface area contributed by atoms with Gasteiger partial charge in [0.25, 0.3) is 0 Å². The Balaban J connectivity index is 3.17. The molecule has 1 amide bonds. The Kier molecular flexibility index (Phi) is 3.46. The van der Waals surface area contributed by atoms with Gasteiger partial charge in [0, 0.05) is 6.20 Å². The third-order valence-electron chi connectivity index (χ3n) is 2.15. The molecular formula is C12H15NO. The van der Waals surface area contributed by atoms with E-state index in [1.807, 2.05) is 24.3 Å². The van der Waals surface area contributed by atoms with Crippen LogP contribution in [0.4, 0.5) is 5.69 Å². The Morgan fingerprint density at radius 3 is 2.50 bits per heavy atom. The summed E-state index contributed by atoms with van der Waals surface area (Å²) in [5, 5.41) is 0. The molecule has 14 heavy (non-hydrogen) atoms. The van der Waals surface area contributed by atoms with Crippen molar-refractivity contribution in [2.45, 2.75) is 19.8 Å². The van der Waals surface area contributed by atoms with Crippen molar-refractivity contribution in [3.63, 3.8) is 0 Å². The number of carbonyl (C=O) groups is 1. The minimum Gasteiger partial charge on any atom is -0.291 e. The molecule has 0 saturated carbocycles. The standard InChI is InChI=1S/C12H15NO/c1-4-13(9-14)12-8-6-5-7-11(12)10(2)3/h4-10H,1H2,2-3H3. The van der Waals surface area contributed by atoms with E-state index in [0.29, 0.717) is 5.92 Å². The maximum absolute atomic E-state index is 10.8. The van der Waals surface area contributed by atoms with Gasteiger partial charge in [-0.05, 0) is 17.5 Å². The minimum atomic E-state index is 0.397. The summed E-state index contributed by atoms with van der Waals surface area (Å²) < 4.78 is 0. The smallest absolute Gasteiger partial charge is 0.218 e. The molecule has 1 rings (SSSR count). The molecule has 0 heterocycles. The number of carbonyl (C=O) groups excluding carboxylic acids is 1. The monoisotopic (exact) mass is 189 g/mol. The fourth-order valence-electron chi connectivity index (χ4n) is 1.41. The molecule has 0 aliphatic heterocycles. The molecule has 0 N–H and O–H groups in total. The summed E-state index contributed by atoms with van der Waals surface area (Å²) in [6.45, 7) is 7.81. The summed E-state index contributed by atoms with van der Waals surface area (Å²) in [7, 11) is 0. The van der Waals surface area contributed by atoms with Crippen molar-refractivity contribution in [3.05, 3.63) is 42.6 Å². The van der Waals surface area contributed by atoms with Crippen LogP contribution in [0, 0.1) is 0 Å². The summed E-state index contributed by atoms with van der Waals surface area (Å²) >= 11 is 0. The van der Waals surface area contributed by atoms with Crippen LogP contribution in [0.25, 0.3) is 0 Å². The van der Waals surface area contributed by atoms with Crippen molar-refractivity contribution >= 4 is 12.1 Å². The summed E-state index contributed by atoms with van der Waals surface area (Å²) in [6.07, 6.45) is 2.29. The SMILES string of the molecule is C=CN(C=O)c1ccccc1C(C)C. The van der Waals surface area contributed by atoms with E-state index in [1.54, 1.807) is 0 Å². The molecule has 0 fully saturated rings. The van der Waals surface area contributed by atoms with Gasteiger partial charge in [-0.15, -0.1) is 0 Å². The lowest BCUT2D eigenvalue weighted by Crippen LogP contribution is -2.14. The maximum Gasteiger partial charge on any atom is 0.218 e. The van der Waals surface area contributed by atoms with Gasteiger partial charge < -0.3 is 0 Å². The van der Waals surface area contributed by atoms with Crippen molar-refractivity contribution in [1.82, 2.24) is 0 Å². The minimum absolute atomic E-state index is 0.397. The highest BCUT2D eigenvalue weighted by Crippen LogP contribution is 2.26. The third kappa shape index (κ3) is 2.02. The van der Waals surface area contributed by atoms with Gasteiger partial charge in [-0.2, -0.15) is 0 Å². The van der Waals surface area contributed by atoms with Crippen molar-refractivity contribution in [1.29, 1.82) is 0 Å². The number of hydrogen-bond donors (Lipinski definition) is 0. The highest BCUT2D eigenvalue weighted by molar-refractivity contribution is 5.79. The molecule has 0 saturated heterocycles. The lowest BCUT2D eigenvalue weighted by atomic mass is 10.0. The normalized spacial score (nSPS) is 9.93. The van der Waals surface area contributed by atoms with Crippen LogP contribution >= 0.6 is 0 Å². The van der Waals surface area contributed by atoms with Crippen LogP contribution in [0.5, 0.6) is 0 Å².